The highest BCUT2D eigenvalue weighted by atomic mass is 16.5. The van der Waals surface area contributed by atoms with Gasteiger partial charge in [0.05, 0.1) is 0 Å². The molecule has 0 saturated heterocycles. The number of esters is 1. The number of hydrogen-bond acceptors (Lipinski definition) is 5. The summed E-state index contributed by atoms with van der Waals surface area (Å²) in [7, 11) is 0. The molecular weight excluding hydrogens is 368 g/mol. The highest BCUT2D eigenvalue weighted by Gasteiger charge is 2.67. The van der Waals surface area contributed by atoms with E-state index < -0.39 is 17.0 Å². The molecule has 4 rings (SSSR count). The fourth-order valence-corrected chi connectivity index (χ4v) is 7.07. The Morgan fingerprint density at radius 1 is 1.28 bits per heavy atom. The SMILES string of the molecule is CC(=O)OCC(=O)[C@@]1(O)[C@H](C)C[C@@H]2[C@@H]3CCC4=CC(=O)CC[C@@]4(C)C3=CC[C@]21C. The van der Waals surface area contributed by atoms with Gasteiger partial charge in [-0.15, -0.1) is 0 Å². The summed E-state index contributed by atoms with van der Waals surface area (Å²) in [6.07, 6.45) is 8.85. The van der Waals surface area contributed by atoms with Crippen molar-refractivity contribution >= 4 is 17.5 Å². The molecule has 2 saturated carbocycles. The molecule has 0 aromatic heterocycles. The summed E-state index contributed by atoms with van der Waals surface area (Å²) in [4.78, 5) is 36.2. The Morgan fingerprint density at radius 3 is 2.69 bits per heavy atom. The molecule has 29 heavy (non-hydrogen) atoms. The number of hydrogen-bond donors (Lipinski definition) is 1. The van der Waals surface area contributed by atoms with E-state index in [-0.39, 0.29) is 35.4 Å². The lowest BCUT2D eigenvalue weighted by molar-refractivity contribution is -0.167. The number of ketones is 2. The van der Waals surface area contributed by atoms with Gasteiger partial charge in [0.15, 0.2) is 12.4 Å². The van der Waals surface area contributed by atoms with E-state index in [0.29, 0.717) is 18.8 Å². The fourth-order valence-electron chi connectivity index (χ4n) is 7.07. The van der Waals surface area contributed by atoms with E-state index in [9.17, 15) is 19.5 Å². The highest BCUT2D eigenvalue weighted by Crippen LogP contribution is 2.66. The third-order valence-electron chi connectivity index (χ3n) is 8.75. The molecule has 0 unspecified atom stereocenters. The minimum atomic E-state index is -1.49. The van der Waals surface area contributed by atoms with Crippen LogP contribution in [0, 0.1) is 28.6 Å². The molecule has 5 heteroatoms. The van der Waals surface area contributed by atoms with E-state index in [1.807, 2.05) is 19.9 Å². The van der Waals surface area contributed by atoms with Crippen molar-refractivity contribution < 1.29 is 24.2 Å². The van der Waals surface area contributed by atoms with Crippen molar-refractivity contribution in [3.8, 4) is 0 Å². The maximum absolute atomic E-state index is 13.0. The van der Waals surface area contributed by atoms with Crippen LogP contribution in [0.3, 0.4) is 0 Å². The predicted molar refractivity (Wildman–Crippen MR) is 108 cm³/mol. The number of Topliss-reactive ketones (excluding diaryl/α,β-unsaturated/α-hetero) is 1. The Balaban J connectivity index is 1.70. The number of rotatable bonds is 3. The molecule has 1 N–H and O–H groups in total. The van der Waals surface area contributed by atoms with Crippen LogP contribution < -0.4 is 0 Å². The minimum Gasteiger partial charge on any atom is -0.458 e. The number of ether oxygens (including phenoxy) is 1. The van der Waals surface area contributed by atoms with Gasteiger partial charge >= 0.3 is 5.97 Å². The number of fused-ring (bicyclic) bond motifs is 5. The average Bonchev–Trinajstić information content (AvgIpc) is 2.88. The van der Waals surface area contributed by atoms with Gasteiger partial charge in [-0.2, -0.15) is 0 Å². The van der Waals surface area contributed by atoms with Gasteiger partial charge in [-0.1, -0.05) is 38.0 Å². The Morgan fingerprint density at radius 2 is 2.00 bits per heavy atom. The summed E-state index contributed by atoms with van der Waals surface area (Å²) in [5.74, 6) is -0.315. The lowest BCUT2D eigenvalue weighted by Crippen LogP contribution is -2.57. The number of aliphatic hydroxyl groups is 1. The molecule has 0 radical (unpaired) electrons. The van der Waals surface area contributed by atoms with Gasteiger partial charge in [0.1, 0.15) is 5.60 Å². The fraction of sp³-hybridized carbons (Fsp3) is 0.708. The zero-order chi connectivity index (χ0) is 21.2. The van der Waals surface area contributed by atoms with E-state index in [1.54, 1.807) is 0 Å². The van der Waals surface area contributed by atoms with E-state index in [1.165, 1.54) is 18.1 Å². The van der Waals surface area contributed by atoms with Crippen LogP contribution in [0.2, 0.25) is 0 Å². The van der Waals surface area contributed by atoms with Crippen molar-refractivity contribution in [2.75, 3.05) is 6.61 Å². The molecular formula is C24H32O5. The molecule has 5 nitrogen and oxygen atoms in total. The van der Waals surface area contributed by atoms with E-state index in [2.05, 4.69) is 13.0 Å². The van der Waals surface area contributed by atoms with Gasteiger partial charge in [0, 0.05) is 24.2 Å². The smallest absolute Gasteiger partial charge is 0.303 e. The van der Waals surface area contributed by atoms with E-state index >= 15 is 0 Å². The highest BCUT2D eigenvalue weighted by molar-refractivity contribution is 5.92. The number of allylic oxidation sites excluding steroid dienone is 4. The van der Waals surface area contributed by atoms with Crippen molar-refractivity contribution in [3.05, 3.63) is 23.3 Å². The first-order valence-electron chi connectivity index (χ1n) is 10.9. The second-order valence-electron chi connectivity index (χ2n) is 10.1. The lowest BCUT2D eigenvalue weighted by atomic mass is 9.50. The van der Waals surface area contributed by atoms with Crippen molar-refractivity contribution in [1.29, 1.82) is 0 Å². The van der Waals surface area contributed by atoms with Gasteiger partial charge in [-0.25, -0.2) is 0 Å². The first kappa shape index (κ1) is 20.5. The van der Waals surface area contributed by atoms with Crippen LogP contribution in [-0.2, 0) is 19.1 Å². The normalized spacial score (nSPS) is 43.5. The molecule has 0 aromatic carbocycles. The van der Waals surface area contributed by atoms with Gasteiger partial charge in [-0.3, -0.25) is 14.4 Å². The first-order chi connectivity index (χ1) is 13.5. The summed E-state index contributed by atoms with van der Waals surface area (Å²) >= 11 is 0. The zero-order valence-electron chi connectivity index (χ0n) is 17.9. The molecule has 0 bridgehead atoms. The van der Waals surface area contributed by atoms with Gasteiger partial charge in [0.25, 0.3) is 0 Å². The number of carbonyl (C=O) groups excluding carboxylic acids is 3. The molecule has 0 spiro atoms. The summed E-state index contributed by atoms with van der Waals surface area (Å²) in [6.45, 7) is 7.16. The standard InChI is InChI=1S/C24H32O5/c1-14-11-20-18-6-5-16-12-17(26)7-9-22(16,3)19(18)8-10-23(20,4)24(14,28)21(27)13-29-15(2)25/h8,12,14,18,20,28H,5-7,9-11,13H2,1-4H3/t14-,18-,20-,22-,23-,24+/m1/s1. The molecule has 0 amide bonds. The van der Waals surface area contributed by atoms with E-state index in [0.717, 1.165) is 25.7 Å². The van der Waals surface area contributed by atoms with Crippen molar-refractivity contribution in [2.24, 2.45) is 28.6 Å². The van der Waals surface area contributed by atoms with Gasteiger partial charge in [-0.05, 0) is 55.9 Å². The van der Waals surface area contributed by atoms with Crippen LogP contribution in [0.5, 0.6) is 0 Å². The molecule has 0 aromatic rings. The zero-order valence-corrected chi connectivity index (χ0v) is 17.9. The molecule has 0 aliphatic heterocycles. The molecule has 4 aliphatic carbocycles. The van der Waals surface area contributed by atoms with Crippen LogP contribution >= 0.6 is 0 Å². The first-order valence-corrected chi connectivity index (χ1v) is 10.9. The Hall–Kier alpha value is -1.75. The summed E-state index contributed by atoms with van der Waals surface area (Å²) < 4.78 is 4.95. The third-order valence-corrected chi connectivity index (χ3v) is 8.75. The maximum atomic E-state index is 13.0. The molecule has 158 valence electrons. The summed E-state index contributed by atoms with van der Waals surface area (Å²) in [5.41, 5.74) is 0.541. The quantitative estimate of drug-likeness (QED) is 0.579. The van der Waals surface area contributed by atoms with Crippen LogP contribution in [0.1, 0.15) is 66.2 Å². The minimum absolute atomic E-state index is 0.0656. The predicted octanol–water partition coefficient (Wildman–Crippen LogP) is 3.55. The summed E-state index contributed by atoms with van der Waals surface area (Å²) in [6, 6.07) is 0. The van der Waals surface area contributed by atoms with Crippen molar-refractivity contribution in [3.63, 3.8) is 0 Å². The Bertz CT molecular complexity index is 838. The maximum Gasteiger partial charge on any atom is 0.303 e. The third kappa shape index (κ3) is 2.73. The molecule has 4 aliphatic rings. The van der Waals surface area contributed by atoms with Crippen molar-refractivity contribution in [1.82, 2.24) is 0 Å². The van der Waals surface area contributed by atoms with Crippen LogP contribution in [0.25, 0.3) is 0 Å². The lowest BCUT2D eigenvalue weighted by Gasteiger charge is -2.54. The summed E-state index contributed by atoms with van der Waals surface area (Å²) in [5, 5.41) is 11.7. The monoisotopic (exact) mass is 400 g/mol. The van der Waals surface area contributed by atoms with Crippen LogP contribution in [-0.4, -0.2) is 34.9 Å². The van der Waals surface area contributed by atoms with Gasteiger partial charge in [0.2, 0.25) is 5.78 Å². The molecule has 0 heterocycles. The number of carbonyl (C=O) groups is 3. The van der Waals surface area contributed by atoms with Crippen LogP contribution in [0.4, 0.5) is 0 Å². The second-order valence-corrected chi connectivity index (χ2v) is 10.1. The topological polar surface area (TPSA) is 80.7 Å². The van der Waals surface area contributed by atoms with Gasteiger partial charge < -0.3 is 9.84 Å². The Labute approximate surface area is 172 Å². The average molecular weight is 401 g/mol. The molecule has 6 atom stereocenters. The van der Waals surface area contributed by atoms with Crippen molar-refractivity contribution in [2.45, 2.75) is 71.8 Å². The molecule has 2 fully saturated rings. The Kier molecular flexibility index (Phi) is 4.69. The largest absolute Gasteiger partial charge is 0.458 e. The second kappa shape index (κ2) is 6.63. The van der Waals surface area contributed by atoms with Crippen LogP contribution in [0.15, 0.2) is 23.3 Å². The van der Waals surface area contributed by atoms with E-state index in [4.69, 9.17) is 4.74 Å².